The molecule has 0 aliphatic carbocycles. The van der Waals surface area contributed by atoms with Gasteiger partial charge in [-0.05, 0) is 41.0 Å². The van der Waals surface area contributed by atoms with E-state index in [0.717, 1.165) is 6.42 Å². The molecule has 0 amide bonds. The summed E-state index contributed by atoms with van der Waals surface area (Å²) in [5.74, 6) is 0.648. The molecule has 0 heterocycles. The molecule has 2 aromatic rings. The van der Waals surface area contributed by atoms with Gasteiger partial charge in [0.1, 0.15) is 0 Å². The topological polar surface area (TPSA) is 26.0 Å². The Labute approximate surface area is 116 Å². The molecule has 0 aliphatic rings. The summed E-state index contributed by atoms with van der Waals surface area (Å²) in [5, 5.41) is 0. The van der Waals surface area contributed by atoms with Gasteiger partial charge in [0.15, 0.2) is 0 Å². The van der Waals surface area contributed by atoms with Crippen molar-refractivity contribution in [3.63, 3.8) is 0 Å². The Hall–Kier alpha value is -1.60. The molecule has 0 aliphatic heterocycles. The Morgan fingerprint density at radius 2 is 1.63 bits per heavy atom. The van der Waals surface area contributed by atoms with Crippen molar-refractivity contribution in [3.8, 4) is 0 Å². The SMILES string of the molecule is CCC(C)c1ccc(Cc2cccc(CN)c2)cc1. The molecule has 1 atom stereocenters. The largest absolute Gasteiger partial charge is 0.326 e. The first-order valence-electron chi connectivity index (χ1n) is 7.09. The Kier molecular flexibility index (Phi) is 4.75. The molecule has 19 heavy (non-hydrogen) atoms. The first-order chi connectivity index (χ1) is 9.22. The molecule has 0 saturated heterocycles. The van der Waals surface area contributed by atoms with Gasteiger partial charge < -0.3 is 5.73 Å². The molecule has 0 saturated carbocycles. The van der Waals surface area contributed by atoms with Gasteiger partial charge in [-0.15, -0.1) is 0 Å². The molecule has 2 rings (SSSR count). The van der Waals surface area contributed by atoms with Crippen molar-refractivity contribution in [1.82, 2.24) is 0 Å². The Bertz CT molecular complexity index is 513. The second-order valence-corrected chi connectivity index (χ2v) is 5.25. The minimum atomic E-state index is 0.612. The quantitative estimate of drug-likeness (QED) is 0.847. The van der Waals surface area contributed by atoms with Gasteiger partial charge in [-0.1, -0.05) is 62.4 Å². The maximum absolute atomic E-state index is 5.68. The minimum absolute atomic E-state index is 0.612. The van der Waals surface area contributed by atoms with Crippen molar-refractivity contribution in [3.05, 3.63) is 70.8 Å². The van der Waals surface area contributed by atoms with Crippen LogP contribution in [-0.2, 0) is 13.0 Å². The van der Waals surface area contributed by atoms with Crippen molar-refractivity contribution in [2.24, 2.45) is 5.73 Å². The van der Waals surface area contributed by atoms with Crippen LogP contribution in [0.15, 0.2) is 48.5 Å². The van der Waals surface area contributed by atoms with Crippen molar-refractivity contribution in [2.75, 3.05) is 0 Å². The molecule has 0 radical (unpaired) electrons. The molecule has 0 bridgehead atoms. The first-order valence-corrected chi connectivity index (χ1v) is 7.09. The van der Waals surface area contributed by atoms with Crippen LogP contribution >= 0.6 is 0 Å². The fraction of sp³-hybridized carbons (Fsp3) is 0.333. The zero-order valence-electron chi connectivity index (χ0n) is 11.9. The monoisotopic (exact) mass is 253 g/mol. The van der Waals surface area contributed by atoms with E-state index in [2.05, 4.69) is 62.4 Å². The van der Waals surface area contributed by atoms with Crippen LogP contribution in [0.4, 0.5) is 0 Å². The van der Waals surface area contributed by atoms with Gasteiger partial charge in [0.25, 0.3) is 0 Å². The van der Waals surface area contributed by atoms with Gasteiger partial charge in [0.2, 0.25) is 0 Å². The number of hydrogen-bond donors (Lipinski definition) is 1. The standard InChI is InChI=1S/C18H23N/c1-3-14(2)18-9-7-15(8-10-18)11-16-5-4-6-17(12-16)13-19/h4-10,12,14H,3,11,13,19H2,1-2H3. The second kappa shape index (κ2) is 6.53. The summed E-state index contributed by atoms with van der Waals surface area (Å²) in [4.78, 5) is 0. The summed E-state index contributed by atoms with van der Waals surface area (Å²) in [6.07, 6.45) is 2.17. The average molecular weight is 253 g/mol. The number of benzene rings is 2. The third-order valence-electron chi connectivity index (χ3n) is 3.80. The van der Waals surface area contributed by atoms with Gasteiger partial charge in [-0.3, -0.25) is 0 Å². The molecular formula is C18H23N. The third kappa shape index (κ3) is 3.68. The Morgan fingerprint density at radius 1 is 0.947 bits per heavy atom. The maximum atomic E-state index is 5.68. The zero-order chi connectivity index (χ0) is 13.7. The van der Waals surface area contributed by atoms with Crippen molar-refractivity contribution in [2.45, 2.75) is 39.2 Å². The minimum Gasteiger partial charge on any atom is -0.326 e. The lowest BCUT2D eigenvalue weighted by atomic mass is 9.96. The van der Waals surface area contributed by atoms with Crippen LogP contribution in [0.2, 0.25) is 0 Å². The van der Waals surface area contributed by atoms with Gasteiger partial charge in [0, 0.05) is 6.54 Å². The molecule has 1 heteroatoms. The fourth-order valence-electron chi connectivity index (χ4n) is 2.30. The van der Waals surface area contributed by atoms with Crippen LogP contribution < -0.4 is 5.73 Å². The molecule has 0 fully saturated rings. The van der Waals surface area contributed by atoms with Crippen molar-refractivity contribution >= 4 is 0 Å². The lowest BCUT2D eigenvalue weighted by Crippen LogP contribution is -1.98. The zero-order valence-corrected chi connectivity index (χ0v) is 11.9. The van der Waals surface area contributed by atoms with Crippen molar-refractivity contribution in [1.29, 1.82) is 0 Å². The highest BCUT2D eigenvalue weighted by atomic mass is 14.5. The van der Waals surface area contributed by atoms with Crippen LogP contribution in [0.1, 0.15) is 48.4 Å². The van der Waals surface area contributed by atoms with E-state index in [1.807, 2.05) is 0 Å². The predicted molar refractivity (Wildman–Crippen MR) is 82.3 cm³/mol. The smallest absolute Gasteiger partial charge is 0.0178 e. The highest BCUT2D eigenvalue weighted by Crippen LogP contribution is 2.20. The summed E-state index contributed by atoms with van der Waals surface area (Å²) in [5.41, 5.74) is 11.0. The van der Waals surface area contributed by atoms with E-state index >= 15 is 0 Å². The molecule has 1 unspecified atom stereocenters. The molecule has 0 aromatic heterocycles. The van der Waals surface area contributed by atoms with E-state index in [4.69, 9.17) is 5.73 Å². The number of hydrogen-bond acceptors (Lipinski definition) is 1. The van der Waals surface area contributed by atoms with E-state index in [0.29, 0.717) is 12.5 Å². The van der Waals surface area contributed by atoms with Crippen molar-refractivity contribution < 1.29 is 0 Å². The first kappa shape index (κ1) is 13.8. The molecule has 100 valence electrons. The molecule has 1 nitrogen and oxygen atoms in total. The molecule has 0 spiro atoms. The van der Waals surface area contributed by atoms with E-state index in [9.17, 15) is 0 Å². The second-order valence-electron chi connectivity index (χ2n) is 5.25. The summed E-state index contributed by atoms with van der Waals surface area (Å²) < 4.78 is 0. The van der Waals surface area contributed by atoms with Gasteiger partial charge in [0.05, 0.1) is 0 Å². The lowest BCUT2D eigenvalue weighted by molar-refractivity contribution is 0.733. The predicted octanol–water partition coefficient (Wildman–Crippen LogP) is 4.25. The lowest BCUT2D eigenvalue weighted by Gasteiger charge is -2.10. The van der Waals surface area contributed by atoms with Crippen LogP contribution in [-0.4, -0.2) is 0 Å². The van der Waals surface area contributed by atoms with Crippen LogP contribution in [0.25, 0.3) is 0 Å². The number of rotatable bonds is 5. The van der Waals surface area contributed by atoms with Gasteiger partial charge in [-0.25, -0.2) is 0 Å². The number of nitrogens with two attached hydrogens (primary N) is 1. The van der Waals surface area contributed by atoms with Crippen LogP contribution in [0, 0.1) is 0 Å². The van der Waals surface area contributed by atoms with E-state index < -0.39 is 0 Å². The Balaban J connectivity index is 2.10. The summed E-state index contributed by atoms with van der Waals surface area (Å²) in [6, 6.07) is 17.5. The Morgan fingerprint density at radius 3 is 2.26 bits per heavy atom. The van der Waals surface area contributed by atoms with E-state index in [-0.39, 0.29) is 0 Å². The molecule has 2 aromatic carbocycles. The average Bonchev–Trinajstić information content (AvgIpc) is 2.47. The van der Waals surface area contributed by atoms with E-state index in [1.165, 1.54) is 28.7 Å². The van der Waals surface area contributed by atoms with Crippen LogP contribution in [0.5, 0.6) is 0 Å². The summed E-state index contributed by atoms with van der Waals surface area (Å²) >= 11 is 0. The summed E-state index contributed by atoms with van der Waals surface area (Å²) in [6.45, 7) is 5.12. The molecule has 2 N–H and O–H groups in total. The van der Waals surface area contributed by atoms with Gasteiger partial charge in [-0.2, -0.15) is 0 Å². The van der Waals surface area contributed by atoms with Crippen LogP contribution in [0.3, 0.4) is 0 Å². The normalized spacial score (nSPS) is 12.4. The molecular weight excluding hydrogens is 230 g/mol. The maximum Gasteiger partial charge on any atom is 0.0178 e. The van der Waals surface area contributed by atoms with Gasteiger partial charge >= 0.3 is 0 Å². The third-order valence-corrected chi connectivity index (χ3v) is 3.80. The summed E-state index contributed by atoms with van der Waals surface area (Å²) in [7, 11) is 0. The fourth-order valence-corrected chi connectivity index (χ4v) is 2.30. The highest BCUT2D eigenvalue weighted by molar-refractivity contribution is 5.31. The van der Waals surface area contributed by atoms with E-state index in [1.54, 1.807) is 0 Å². The highest BCUT2D eigenvalue weighted by Gasteiger charge is 2.03.